The van der Waals surface area contributed by atoms with Crippen molar-refractivity contribution < 1.29 is 13.6 Å². The molecular weight excluding hydrogens is 328 g/mol. The molecule has 2 heterocycles. The van der Waals surface area contributed by atoms with Crippen molar-refractivity contribution in [1.29, 1.82) is 0 Å². The van der Waals surface area contributed by atoms with Gasteiger partial charge < -0.3 is 10.2 Å². The Bertz CT molecular complexity index is 757. The van der Waals surface area contributed by atoms with Gasteiger partial charge in [-0.3, -0.25) is 4.79 Å². The van der Waals surface area contributed by atoms with Gasteiger partial charge in [0.2, 0.25) is 0 Å². The number of nitrogens with zero attached hydrogens (tertiary/aromatic N) is 4. The molecule has 6 nitrogen and oxygen atoms in total. The maximum absolute atomic E-state index is 14.0. The van der Waals surface area contributed by atoms with E-state index in [2.05, 4.69) is 15.6 Å². The van der Waals surface area contributed by atoms with Gasteiger partial charge in [0.25, 0.3) is 5.91 Å². The average Bonchev–Trinajstić information content (AvgIpc) is 3.13. The molecule has 0 bridgehead atoms. The van der Waals surface area contributed by atoms with E-state index in [9.17, 15) is 13.6 Å². The van der Waals surface area contributed by atoms with Crippen molar-refractivity contribution in [2.75, 3.05) is 20.1 Å². The van der Waals surface area contributed by atoms with Crippen LogP contribution in [0.4, 0.5) is 8.78 Å². The summed E-state index contributed by atoms with van der Waals surface area (Å²) in [6, 6.07) is 2.81. The molecule has 3 rings (SSSR count). The summed E-state index contributed by atoms with van der Waals surface area (Å²) in [5, 5.41) is 11.3. The molecule has 1 aromatic heterocycles. The van der Waals surface area contributed by atoms with Gasteiger partial charge in [0.1, 0.15) is 11.6 Å². The number of benzene rings is 1. The van der Waals surface area contributed by atoms with Crippen LogP contribution in [0.2, 0.25) is 0 Å². The Balaban J connectivity index is 1.75. The number of halogens is 2. The first kappa shape index (κ1) is 17.5. The van der Waals surface area contributed by atoms with Crippen LogP contribution in [-0.4, -0.2) is 45.9 Å². The smallest absolute Gasteiger partial charge is 0.276 e. The number of piperidine rings is 1. The van der Waals surface area contributed by atoms with Crippen molar-refractivity contribution in [3.63, 3.8) is 0 Å². The van der Waals surface area contributed by atoms with Crippen LogP contribution in [0.1, 0.15) is 47.9 Å². The standard InChI is InChI=1S/C17H21F2N5O/c1-11(14-9-12(18)3-4-15(14)19)23(2)17(25)16-10-24(22-21-16)13-5-7-20-8-6-13/h3-4,9-11,13,20H,5-8H2,1-2H3/t11-/m0/s1. The fourth-order valence-corrected chi connectivity index (χ4v) is 3.02. The molecule has 1 aliphatic rings. The van der Waals surface area contributed by atoms with Crippen molar-refractivity contribution in [3.8, 4) is 0 Å². The predicted octanol–water partition coefficient (Wildman–Crippen LogP) is 2.31. The number of amides is 1. The zero-order valence-corrected chi connectivity index (χ0v) is 14.2. The zero-order valence-electron chi connectivity index (χ0n) is 14.2. The number of aromatic nitrogens is 3. The Morgan fingerprint density at radius 2 is 2.08 bits per heavy atom. The molecule has 0 saturated carbocycles. The first-order valence-corrected chi connectivity index (χ1v) is 8.32. The maximum atomic E-state index is 14.0. The van der Waals surface area contributed by atoms with Crippen molar-refractivity contribution in [2.45, 2.75) is 31.8 Å². The third-order valence-electron chi connectivity index (χ3n) is 4.72. The van der Waals surface area contributed by atoms with Crippen molar-refractivity contribution >= 4 is 5.91 Å². The van der Waals surface area contributed by atoms with E-state index in [4.69, 9.17) is 0 Å². The molecule has 134 valence electrons. The molecule has 1 N–H and O–H groups in total. The fourth-order valence-electron chi connectivity index (χ4n) is 3.02. The molecule has 25 heavy (non-hydrogen) atoms. The second-order valence-corrected chi connectivity index (χ2v) is 6.32. The summed E-state index contributed by atoms with van der Waals surface area (Å²) in [7, 11) is 1.54. The number of nitrogens with one attached hydrogen (secondary N) is 1. The summed E-state index contributed by atoms with van der Waals surface area (Å²) >= 11 is 0. The van der Waals surface area contributed by atoms with E-state index >= 15 is 0 Å². The van der Waals surface area contributed by atoms with Crippen LogP contribution in [0, 0.1) is 11.6 Å². The molecule has 1 aliphatic heterocycles. The minimum Gasteiger partial charge on any atom is -0.333 e. The summed E-state index contributed by atoms with van der Waals surface area (Å²) < 4.78 is 29.1. The van der Waals surface area contributed by atoms with Gasteiger partial charge in [-0.1, -0.05) is 5.21 Å². The molecule has 0 radical (unpaired) electrons. The van der Waals surface area contributed by atoms with Gasteiger partial charge in [0.05, 0.1) is 18.3 Å². The lowest BCUT2D eigenvalue weighted by Gasteiger charge is -2.25. The van der Waals surface area contributed by atoms with Crippen molar-refractivity contribution in [3.05, 3.63) is 47.3 Å². The van der Waals surface area contributed by atoms with E-state index in [-0.39, 0.29) is 23.2 Å². The summed E-state index contributed by atoms with van der Waals surface area (Å²) in [6.45, 7) is 3.46. The summed E-state index contributed by atoms with van der Waals surface area (Å²) in [6.07, 6.45) is 3.49. The van der Waals surface area contributed by atoms with Gasteiger partial charge in [0.15, 0.2) is 5.69 Å². The molecule has 0 unspecified atom stereocenters. The monoisotopic (exact) mass is 349 g/mol. The van der Waals surface area contributed by atoms with E-state index < -0.39 is 17.7 Å². The number of hydrogen-bond acceptors (Lipinski definition) is 4. The lowest BCUT2D eigenvalue weighted by Crippen LogP contribution is -2.31. The topological polar surface area (TPSA) is 63.1 Å². The zero-order chi connectivity index (χ0) is 18.0. The molecule has 1 aromatic carbocycles. The summed E-state index contributed by atoms with van der Waals surface area (Å²) in [5.74, 6) is -1.47. The Hall–Kier alpha value is -2.35. The predicted molar refractivity (Wildman–Crippen MR) is 88.0 cm³/mol. The maximum Gasteiger partial charge on any atom is 0.276 e. The highest BCUT2D eigenvalue weighted by atomic mass is 19.1. The molecule has 0 spiro atoms. The highest BCUT2D eigenvalue weighted by Gasteiger charge is 2.25. The second kappa shape index (κ2) is 7.26. The van der Waals surface area contributed by atoms with E-state index in [0.29, 0.717) is 0 Å². The van der Waals surface area contributed by atoms with Crippen LogP contribution in [0.3, 0.4) is 0 Å². The number of hydrogen-bond donors (Lipinski definition) is 1. The van der Waals surface area contributed by atoms with Crippen LogP contribution < -0.4 is 5.32 Å². The summed E-state index contributed by atoms with van der Waals surface area (Å²) in [4.78, 5) is 14.0. The van der Waals surface area contributed by atoms with E-state index in [1.54, 1.807) is 24.9 Å². The van der Waals surface area contributed by atoms with Crippen LogP contribution in [-0.2, 0) is 0 Å². The van der Waals surface area contributed by atoms with Crippen molar-refractivity contribution in [2.24, 2.45) is 0 Å². The highest BCUT2D eigenvalue weighted by molar-refractivity contribution is 5.92. The van der Waals surface area contributed by atoms with Crippen molar-refractivity contribution in [1.82, 2.24) is 25.2 Å². The Morgan fingerprint density at radius 1 is 1.36 bits per heavy atom. The van der Waals surface area contributed by atoms with E-state index in [1.165, 1.54) is 4.90 Å². The largest absolute Gasteiger partial charge is 0.333 e. The van der Waals surface area contributed by atoms with E-state index in [1.807, 2.05) is 0 Å². The van der Waals surface area contributed by atoms with Gasteiger partial charge in [-0.15, -0.1) is 5.10 Å². The number of rotatable bonds is 4. The van der Waals surface area contributed by atoms with Crippen LogP contribution >= 0.6 is 0 Å². The van der Waals surface area contributed by atoms with Gasteiger partial charge in [-0.2, -0.15) is 0 Å². The highest BCUT2D eigenvalue weighted by Crippen LogP contribution is 2.24. The molecule has 8 heteroatoms. The molecule has 1 fully saturated rings. The molecule has 0 aliphatic carbocycles. The Labute approximate surface area is 144 Å². The van der Waals surface area contributed by atoms with Crippen LogP contribution in [0.25, 0.3) is 0 Å². The molecule has 2 aromatic rings. The van der Waals surface area contributed by atoms with Crippen LogP contribution in [0.15, 0.2) is 24.4 Å². The number of carbonyl (C=O) groups excluding carboxylic acids is 1. The molecular formula is C17H21F2N5O. The summed E-state index contributed by atoms with van der Waals surface area (Å²) in [5.41, 5.74) is 0.325. The fraction of sp³-hybridized carbons (Fsp3) is 0.471. The third kappa shape index (κ3) is 3.68. The minimum atomic E-state index is -0.632. The Morgan fingerprint density at radius 3 is 2.80 bits per heavy atom. The van der Waals surface area contributed by atoms with E-state index in [0.717, 1.165) is 44.1 Å². The lowest BCUT2D eigenvalue weighted by molar-refractivity contribution is 0.0734. The Kier molecular flexibility index (Phi) is 5.08. The third-order valence-corrected chi connectivity index (χ3v) is 4.72. The first-order valence-electron chi connectivity index (χ1n) is 8.32. The van der Waals surface area contributed by atoms with Gasteiger partial charge >= 0.3 is 0 Å². The normalized spacial score (nSPS) is 16.6. The SMILES string of the molecule is C[C@@H](c1cc(F)ccc1F)N(C)C(=O)c1cn(C2CCNCC2)nn1. The first-order chi connectivity index (χ1) is 12.0. The minimum absolute atomic E-state index is 0.126. The molecule has 1 saturated heterocycles. The lowest BCUT2D eigenvalue weighted by atomic mass is 10.1. The number of carbonyl (C=O) groups is 1. The average molecular weight is 349 g/mol. The van der Waals surface area contributed by atoms with Gasteiger partial charge in [-0.25, -0.2) is 13.5 Å². The molecule has 1 atom stereocenters. The molecule has 1 amide bonds. The van der Waals surface area contributed by atoms with Crippen LogP contribution in [0.5, 0.6) is 0 Å². The van der Waals surface area contributed by atoms with Gasteiger partial charge in [0, 0.05) is 12.6 Å². The quantitative estimate of drug-likeness (QED) is 0.920. The van der Waals surface area contributed by atoms with Gasteiger partial charge in [-0.05, 0) is 51.1 Å². The second-order valence-electron chi connectivity index (χ2n) is 6.32.